The Kier molecular flexibility index (Phi) is 3.80. The number of benzene rings is 1. The van der Waals surface area contributed by atoms with Crippen LogP contribution in [0.3, 0.4) is 0 Å². The number of nitrogens with zero attached hydrogens (tertiary/aromatic N) is 1. The van der Waals surface area contributed by atoms with Crippen LogP contribution < -0.4 is 0 Å². The molecule has 2 fully saturated rings. The van der Waals surface area contributed by atoms with Crippen molar-refractivity contribution < 1.29 is 17.9 Å². The highest BCUT2D eigenvalue weighted by atomic mass is 32.2. The molecule has 6 heteroatoms. The minimum absolute atomic E-state index is 0.0377. The van der Waals surface area contributed by atoms with Gasteiger partial charge in [0, 0.05) is 18.2 Å². The lowest BCUT2D eigenvalue weighted by atomic mass is 10.1. The van der Waals surface area contributed by atoms with Crippen molar-refractivity contribution in [3.8, 4) is 0 Å². The first kappa shape index (κ1) is 14.9. The van der Waals surface area contributed by atoms with Crippen LogP contribution in [0, 0.1) is 18.7 Å². The summed E-state index contributed by atoms with van der Waals surface area (Å²) in [6.45, 7) is 1.59. The highest BCUT2D eigenvalue weighted by molar-refractivity contribution is 7.89. The van der Waals surface area contributed by atoms with Gasteiger partial charge in [-0.05, 0) is 56.2 Å². The molecule has 3 rings (SSSR count). The second kappa shape index (κ2) is 5.34. The van der Waals surface area contributed by atoms with Crippen molar-refractivity contribution in [2.24, 2.45) is 5.92 Å². The van der Waals surface area contributed by atoms with Gasteiger partial charge in [0.25, 0.3) is 0 Å². The summed E-state index contributed by atoms with van der Waals surface area (Å²) in [7, 11) is -3.61. The van der Waals surface area contributed by atoms with E-state index in [2.05, 4.69) is 0 Å². The van der Waals surface area contributed by atoms with Gasteiger partial charge in [0.05, 0.1) is 11.5 Å². The number of hydrogen-bond acceptors (Lipinski definition) is 3. The number of aliphatic hydroxyl groups excluding tert-OH is 1. The summed E-state index contributed by atoms with van der Waals surface area (Å²) in [4.78, 5) is 0.0954. The van der Waals surface area contributed by atoms with Gasteiger partial charge < -0.3 is 5.11 Å². The summed E-state index contributed by atoms with van der Waals surface area (Å²) in [6.07, 6.45) is 3.98. The molecular formula is C15H20FNO3S. The topological polar surface area (TPSA) is 57.6 Å². The van der Waals surface area contributed by atoms with Crippen LogP contribution in [0.2, 0.25) is 0 Å². The van der Waals surface area contributed by atoms with Crippen molar-refractivity contribution in [1.82, 2.24) is 4.31 Å². The van der Waals surface area contributed by atoms with Gasteiger partial charge in [0.2, 0.25) is 10.0 Å². The second-order valence-corrected chi connectivity index (χ2v) is 8.01. The molecule has 2 saturated carbocycles. The summed E-state index contributed by atoms with van der Waals surface area (Å²) < 4.78 is 41.0. The van der Waals surface area contributed by atoms with Gasteiger partial charge >= 0.3 is 0 Å². The Hall–Kier alpha value is -0.980. The lowest BCUT2D eigenvalue weighted by Crippen LogP contribution is -2.35. The maximum Gasteiger partial charge on any atom is 0.243 e. The molecule has 0 heterocycles. The SMILES string of the molecule is Cc1cc(S(=O)(=O)N(CC2CC2)C2CC2)cc(CO)c1F. The normalized spacial score (nSPS) is 19.2. The molecule has 1 N–H and O–H groups in total. The van der Waals surface area contributed by atoms with Crippen LogP contribution in [-0.2, 0) is 16.6 Å². The Morgan fingerprint density at radius 2 is 1.95 bits per heavy atom. The third-order valence-corrected chi connectivity index (χ3v) is 6.07. The first-order chi connectivity index (χ1) is 9.93. The fourth-order valence-corrected chi connectivity index (χ4v) is 4.47. The second-order valence-electron chi connectivity index (χ2n) is 6.12. The molecule has 1 aromatic rings. The molecule has 21 heavy (non-hydrogen) atoms. The standard InChI is InChI=1S/C15H20FNO3S/c1-10-6-14(7-12(9-18)15(10)16)21(19,20)17(13-4-5-13)8-11-2-3-11/h6-7,11,13,18H,2-5,8-9H2,1H3. The predicted molar refractivity (Wildman–Crippen MR) is 76.7 cm³/mol. The van der Waals surface area contributed by atoms with E-state index in [1.165, 1.54) is 19.1 Å². The quantitative estimate of drug-likeness (QED) is 0.876. The van der Waals surface area contributed by atoms with Gasteiger partial charge in [-0.1, -0.05) is 0 Å². The largest absolute Gasteiger partial charge is 0.392 e. The van der Waals surface area contributed by atoms with E-state index in [9.17, 15) is 17.9 Å². The smallest absolute Gasteiger partial charge is 0.243 e. The summed E-state index contributed by atoms with van der Waals surface area (Å²) in [5, 5.41) is 9.20. The van der Waals surface area contributed by atoms with E-state index < -0.39 is 22.4 Å². The Morgan fingerprint density at radius 3 is 2.48 bits per heavy atom. The van der Waals surface area contributed by atoms with Gasteiger partial charge in [-0.15, -0.1) is 0 Å². The minimum atomic E-state index is -3.61. The molecule has 0 amide bonds. The third kappa shape index (κ3) is 2.98. The highest BCUT2D eigenvalue weighted by Gasteiger charge is 2.41. The zero-order valence-electron chi connectivity index (χ0n) is 12.0. The van der Waals surface area contributed by atoms with E-state index in [0.717, 1.165) is 25.7 Å². The molecule has 0 spiro atoms. The van der Waals surface area contributed by atoms with Gasteiger partial charge in [-0.2, -0.15) is 4.31 Å². The first-order valence-electron chi connectivity index (χ1n) is 7.35. The molecule has 0 aromatic heterocycles. The molecule has 0 bridgehead atoms. The number of aryl methyl sites for hydroxylation is 1. The molecule has 2 aliphatic rings. The summed E-state index contributed by atoms with van der Waals surface area (Å²) in [6, 6.07) is 2.73. The maximum absolute atomic E-state index is 13.8. The summed E-state index contributed by atoms with van der Waals surface area (Å²) in [5.74, 6) is -0.0594. The van der Waals surface area contributed by atoms with E-state index in [0.29, 0.717) is 12.5 Å². The lowest BCUT2D eigenvalue weighted by molar-refractivity contribution is 0.275. The van der Waals surface area contributed by atoms with Crippen molar-refractivity contribution in [2.45, 2.75) is 50.2 Å². The number of sulfonamides is 1. The Morgan fingerprint density at radius 1 is 1.29 bits per heavy atom. The average molecular weight is 313 g/mol. The van der Waals surface area contributed by atoms with Crippen molar-refractivity contribution >= 4 is 10.0 Å². The number of halogens is 1. The lowest BCUT2D eigenvalue weighted by Gasteiger charge is -2.22. The molecule has 0 aliphatic heterocycles. The molecule has 4 nitrogen and oxygen atoms in total. The fourth-order valence-electron chi connectivity index (χ4n) is 2.57. The monoisotopic (exact) mass is 313 g/mol. The summed E-state index contributed by atoms with van der Waals surface area (Å²) >= 11 is 0. The first-order valence-corrected chi connectivity index (χ1v) is 8.79. The van der Waals surface area contributed by atoms with Crippen LogP contribution in [0.15, 0.2) is 17.0 Å². The summed E-state index contributed by atoms with van der Waals surface area (Å²) in [5.41, 5.74) is 0.290. The number of aliphatic hydroxyl groups is 1. The molecule has 0 atom stereocenters. The molecule has 2 aliphatic carbocycles. The average Bonchev–Trinajstić information content (AvgIpc) is 3.31. The zero-order valence-corrected chi connectivity index (χ0v) is 12.9. The van der Waals surface area contributed by atoms with Crippen molar-refractivity contribution in [3.05, 3.63) is 29.1 Å². The van der Waals surface area contributed by atoms with Gasteiger partial charge in [-0.3, -0.25) is 0 Å². The van der Waals surface area contributed by atoms with Gasteiger partial charge in [0.1, 0.15) is 5.82 Å². The van der Waals surface area contributed by atoms with Crippen molar-refractivity contribution in [3.63, 3.8) is 0 Å². The molecule has 0 radical (unpaired) electrons. The highest BCUT2D eigenvalue weighted by Crippen LogP contribution is 2.38. The number of hydrogen-bond donors (Lipinski definition) is 1. The van der Waals surface area contributed by atoms with E-state index in [4.69, 9.17) is 0 Å². The Balaban J connectivity index is 1.97. The zero-order chi connectivity index (χ0) is 15.2. The molecule has 116 valence electrons. The third-order valence-electron chi connectivity index (χ3n) is 4.17. The van der Waals surface area contributed by atoms with Crippen LogP contribution in [0.1, 0.15) is 36.8 Å². The van der Waals surface area contributed by atoms with Crippen LogP contribution in [-0.4, -0.2) is 30.4 Å². The molecule has 0 saturated heterocycles. The van der Waals surface area contributed by atoms with Gasteiger partial charge in [-0.25, -0.2) is 12.8 Å². The molecular weight excluding hydrogens is 293 g/mol. The van der Waals surface area contributed by atoms with E-state index in [1.54, 1.807) is 4.31 Å². The number of rotatable bonds is 6. The van der Waals surface area contributed by atoms with E-state index >= 15 is 0 Å². The van der Waals surface area contributed by atoms with Crippen LogP contribution in [0.25, 0.3) is 0 Å². The van der Waals surface area contributed by atoms with E-state index in [-0.39, 0.29) is 22.1 Å². The van der Waals surface area contributed by atoms with Crippen molar-refractivity contribution in [1.29, 1.82) is 0 Å². The van der Waals surface area contributed by atoms with Gasteiger partial charge in [0.15, 0.2) is 0 Å². The Bertz CT molecular complexity index is 651. The Labute approximate surface area is 124 Å². The predicted octanol–water partition coefficient (Wildman–Crippen LogP) is 2.19. The van der Waals surface area contributed by atoms with Crippen molar-refractivity contribution in [2.75, 3.05) is 6.54 Å². The van der Waals surface area contributed by atoms with Crippen LogP contribution in [0.4, 0.5) is 4.39 Å². The molecule has 1 aromatic carbocycles. The van der Waals surface area contributed by atoms with E-state index in [1.807, 2.05) is 0 Å². The van der Waals surface area contributed by atoms with Crippen LogP contribution >= 0.6 is 0 Å². The maximum atomic E-state index is 13.8. The minimum Gasteiger partial charge on any atom is -0.392 e. The fraction of sp³-hybridized carbons (Fsp3) is 0.600. The molecule has 0 unspecified atom stereocenters. The van der Waals surface area contributed by atoms with Crippen LogP contribution in [0.5, 0.6) is 0 Å².